The van der Waals surface area contributed by atoms with E-state index < -0.39 is 0 Å². The van der Waals surface area contributed by atoms with E-state index in [9.17, 15) is 0 Å². The van der Waals surface area contributed by atoms with Gasteiger partial charge in [0.05, 0.1) is 13.7 Å². The first-order valence-corrected chi connectivity index (χ1v) is 6.60. The highest BCUT2D eigenvalue weighted by atomic mass is 16.5. The zero-order chi connectivity index (χ0) is 14.5. The number of hydrogen-bond donors (Lipinski definition) is 1. The van der Waals surface area contributed by atoms with Crippen LogP contribution in [0.25, 0.3) is 0 Å². The fourth-order valence-electron chi connectivity index (χ4n) is 1.92. The summed E-state index contributed by atoms with van der Waals surface area (Å²) in [4.78, 5) is 4.32. The lowest BCUT2D eigenvalue weighted by atomic mass is 10.1. The Bertz CT molecular complexity index is 596. The van der Waals surface area contributed by atoms with Crippen LogP contribution in [0.2, 0.25) is 0 Å². The van der Waals surface area contributed by atoms with E-state index in [1.165, 1.54) is 5.56 Å². The highest BCUT2D eigenvalue weighted by Gasteiger charge is 2.08. The molecule has 1 heterocycles. The van der Waals surface area contributed by atoms with Crippen LogP contribution in [0.15, 0.2) is 30.3 Å². The molecule has 106 valence electrons. The molecule has 0 aliphatic carbocycles. The summed E-state index contributed by atoms with van der Waals surface area (Å²) in [5.74, 6) is 1.81. The Morgan fingerprint density at radius 3 is 2.55 bits per heavy atom. The molecule has 2 aromatic rings. The number of aromatic nitrogens is 1. The van der Waals surface area contributed by atoms with Gasteiger partial charge in [-0.3, -0.25) is 0 Å². The third-order valence-electron chi connectivity index (χ3n) is 3.19. The van der Waals surface area contributed by atoms with Gasteiger partial charge in [0.1, 0.15) is 0 Å². The van der Waals surface area contributed by atoms with E-state index in [4.69, 9.17) is 14.6 Å². The van der Waals surface area contributed by atoms with Crippen LogP contribution >= 0.6 is 0 Å². The zero-order valence-corrected chi connectivity index (χ0v) is 12.0. The molecule has 0 bridgehead atoms. The molecule has 0 fully saturated rings. The second kappa shape index (κ2) is 6.39. The molecule has 1 aromatic heterocycles. The molecule has 0 saturated carbocycles. The van der Waals surface area contributed by atoms with Gasteiger partial charge >= 0.3 is 0 Å². The van der Waals surface area contributed by atoms with E-state index in [-0.39, 0.29) is 6.61 Å². The van der Waals surface area contributed by atoms with Crippen LogP contribution in [0.3, 0.4) is 0 Å². The average Bonchev–Trinajstić information content (AvgIpc) is 2.48. The Kier molecular flexibility index (Phi) is 4.58. The summed E-state index contributed by atoms with van der Waals surface area (Å²) in [6.45, 7) is 3.91. The van der Waals surface area contributed by atoms with Gasteiger partial charge in [-0.1, -0.05) is 13.0 Å². The number of ether oxygens (including phenoxy) is 2. The second-order valence-corrected chi connectivity index (χ2v) is 4.49. The van der Waals surface area contributed by atoms with Crippen molar-refractivity contribution in [2.24, 2.45) is 0 Å². The van der Waals surface area contributed by atoms with Gasteiger partial charge in [0, 0.05) is 11.8 Å². The van der Waals surface area contributed by atoms with Crippen LogP contribution in [0, 0.1) is 6.92 Å². The van der Waals surface area contributed by atoms with Crippen molar-refractivity contribution in [3.63, 3.8) is 0 Å². The first-order valence-electron chi connectivity index (χ1n) is 6.60. The van der Waals surface area contributed by atoms with Gasteiger partial charge in [-0.05, 0) is 42.7 Å². The topological polar surface area (TPSA) is 51.6 Å². The van der Waals surface area contributed by atoms with E-state index in [1.807, 2.05) is 31.2 Å². The summed E-state index contributed by atoms with van der Waals surface area (Å²) in [5.41, 5.74) is 2.74. The predicted octanol–water partition coefficient (Wildman–Crippen LogP) is 3.25. The summed E-state index contributed by atoms with van der Waals surface area (Å²) in [5, 5.41) is 9.14. The number of nitrogens with zero attached hydrogens (tertiary/aromatic N) is 1. The molecule has 0 amide bonds. The van der Waals surface area contributed by atoms with Gasteiger partial charge in [0.25, 0.3) is 0 Å². The highest BCUT2D eigenvalue weighted by molar-refractivity contribution is 5.44. The van der Waals surface area contributed by atoms with Gasteiger partial charge in [-0.25, -0.2) is 4.98 Å². The molecule has 0 saturated heterocycles. The van der Waals surface area contributed by atoms with E-state index in [1.54, 1.807) is 13.2 Å². The minimum absolute atomic E-state index is 0.0202. The minimum Gasteiger partial charge on any atom is -0.493 e. The molecule has 1 N–H and O–H groups in total. The van der Waals surface area contributed by atoms with E-state index in [0.29, 0.717) is 17.4 Å². The van der Waals surface area contributed by atoms with Crippen LogP contribution in [-0.4, -0.2) is 17.2 Å². The molecular formula is C16H19NO3. The van der Waals surface area contributed by atoms with Crippen LogP contribution in [0.1, 0.15) is 23.7 Å². The number of pyridine rings is 1. The normalized spacial score (nSPS) is 10.4. The lowest BCUT2D eigenvalue weighted by molar-refractivity contribution is 0.280. The molecule has 0 atom stereocenters. The predicted molar refractivity (Wildman–Crippen MR) is 77.3 cm³/mol. The molecule has 4 nitrogen and oxygen atoms in total. The first kappa shape index (κ1) is 14.3. The van der Waals surface area contributed by atoms with Gasteiger partial charge in [-0.15, -0.1) is 0 Å². The summed E-state index contributed by atoms with van der Waals surface area (Å²) in [6, 6.07) is 9.40. The van der Waals surface area contributed by atoms with Crippen LogP contribution in [0.4, 0.5) is 0 Å². The molecule has 0 aliphatic heterocycles. The van der Waals surface area contributed by atoms with Crippen LogP contribution < -0.4 is 9.47 Å². The number of aliphatic hydroxyl groups excluding tert-OH is 1. The third-order valence-corrected chi connectivity index (χ3v) is 3.19. The fourth-order valence-corrected chi connectivity index (χ4v) is 1.92. The maximum Gasteiger partial charge on any atom is 0.219 e. The van der Waals surface area contributed by atoms with Crippen molar-refractivity contribution in [1.82, 2.24) is 4.98 Å². The molecular weight excluding hydrogens is 254 g/mol. The Hall–Kier alpha value is -2.07. The monoisotopic (exact) mass is 273 g/mol. The summed E-state index contributed by atoms with van der Waals surface area (Å²) >= 11 is 0. The van der Waals surface area contributed by atoms with E-state index in [2.05, 4.69) is 11.9 Å². The largest absolute Gasteiger partial charge is 0.493 e. The molecule has 4 heteroatoms. The summed E-state index contributed by atoms with van der Waals surface area (Å²) in [6.07, 6.45) is 0.944. The van der Waals surface area contributed by atoms with Crippen molar-refractivity contribution in [1.29, 1.82) is 0 Å². The number of aliphatic hydroxyl groups is 1. The maximum absolute atomic E-state index is 9.14. The van der Waals surface area contributed by atoms with Crippen LogP contribution in [0.5, 0.6) is 17.4 Å². The number of methoxy groups -OCH3 is 1. The quantitative estimate of drug-likeness (QED) is 0.908. The van der Waals surface area contributed by atoms with Gasteiger partial charge in [0.2, 0.25) is 5.88 Å². The zero-order valence-electron chi connectivity index (χ0n) is 12.0. The molecule has 2 rings (SSSR count). The molecule has 0 aliphatic rings. The number of benzene rings is 1. The SMILES string of the molecule is CCc1ccc(Oc2ccc(CO)c(C)n2)c(OC)c1. The lowest BCUT2D eigenvalue weighted by Crippen LogP contribution is -1.97. The van der Waals surface area contributed by atoms with Crippen molar-refractivity contribution < 1.29 is 14.6 Å². The van der Waals surface area contributed by atoms with Gasteiger partial charge < -0.3 is 14.6 Å². The third kappa shape index (κ3) is 3.08. The van der Waals surface area contributed by atoms with Crippen LogP contribution in [-0.2, 0) is 13.0 Å². The van der Waals surface area contributed by atoms with Crippen molar-refractivity contribution in [3.05, 3.63) is 47.2 Å². The summed E-state index contributed by atoms with van der Waals surface area (Å²) < 4.78 is 11.1. The lowest BCUT2D eigenvalue weighted by Gasteiger charge is -2.12. The van der Waals surface area contributed by atoms with Gasteiger partial charge in [-0.2, -0.15) is 0 Å². The Morgan fingerprint density at radius 2 is 1.95 bits per heavy atom. The number of hydrogen-bond acceptors (Lipinski definition) is 4. The fraction of sp³-hybridized carbons (Fsp3) is 0.312. The van der Waals surface area contributed by atoms with E-state index in [0.717, 1.165) is 17.7 Å². The highest BCUT2D eigenvalue weighted by Crippen LogP contribution is 2.32. The Labute approximate surface area is 119 Å². The molecule has 0 unspecified atom stereocenters. The standard InChI is InChI=1S/C16H19NO3/c1-4-12-5-7-14(15(9-12)19-3)20-16-8-6-13(10-18)11(2)17-16/h5-9,18H,4,10H2,1-3H3. The molecule has 0 radical (unpaired) electrons. The van der Waals surface area contributed by atoms with Crippen molar-refractivity contribution in [2.75, 3.05) is 7.11 Å². The van der Waals surface area contributed by atoms with E-state index >= 15 is 0 Å². The van der Waals surface area contributed by atoms with Crippen molar-refractivity contribution in [3.8, 4) is 17.4 Å². The number of rotatable bonds is 5. The minimum atomic E-state index is -0.0202. The average molecular weight is 273 g/mol. The smallest absolute Gasteiger partial charge is 0.219 e. The van der Waals surface area contributed by atoms with Crippen molar-refractivity contribution in [2.45, 2.75) is 26.9 Å². The molecule has 1 aromatic carbocycles. The molecule has 20 heavy (non-hydrogen) atoms. The Morgan fingerprint density at radius 1 is 1.15 bits per heavy atom. The second-order valence-electron chi connectivity index (χ2n) is 4.49. The Balaban J connectivity index is 2.27. The number of aryl methyl sites for hydroxylation is 2. The van der Waals surface area contributed by atoms with Gasteiger partial charge in [0.15, 0.2) is 11.5 Å². The molecule has 0 spiro atoms. The maximum atomic E-state index is 9.14. The van der Waals surface area contributed by atoms with Crippen molar-refractivity contribution >= 4 is 0 Å². The summed E-state index contributed by atoms with van der Waals surface area (Å²) in [7, 11) is 1.62. The first-order chi connectivity index (χ1) is 9.67.